The van der Waals surface area contributed by atoms with Gasteiger partial charge in [0.1, 0.15) is 16.4 Å². The maximum Gasteiger partial charge on any atom is 0.341 e. The molecule has 14 heteroatoms. The number of hydrogen-bond donors (Lipinski definition) is 3. The fourth-order valence-corrected chi connectivity index (χ4v) is 8.33. The summed E-state index contributed by atoms with van der Waals surface area (Å²) in [5.41, 5.74) is 3.73. The van der Waals surface area contributed by atoms with Crippen LogP contribution >= 0.6 is 23.1 Å². The van der Waals surface area contributed by atoms with Crippen molar-refractivity contribution in [1.29, 1.82) is 0 Å². The minimum absolute atomic E-state index is 0.0398. The zero-order chi connectivity index (χ0) is 40.3. The highest BCUT2D eigenvalue weighted by Crippen LogP contribution is 2.39. The largest absolute Gasteiger partial charge is 0.496 e. The van der Waals surface area contributed by atoms with Crippen LogP contribution in [0.25, 0.3) is 6.08 Å². The lowest BCUT2D eigenvalue weighted by Gasteiger charge is -2.27. The number of thioether (sulfide) groups is 1. The van der Waals surface area contributed by atoms with Gasteiger partial charge in [-0.25, -0.2) is 4.79 Å². The topological polar surface area (TPSA) is 145 Å². The number of carbonyl (C=O) groups is 4. The first kappa shape index (κ1) is 40.6. The van der Waals surface area contributed by atoms with Gasteiger partial charge in [-0.2, -0.15) is 0 Å². The Morgan fingerprint density at radius 1 is 0.807 bits per heavy atom. The van der Waals surface area contributed by atoms with Gasteiger partial charge in [0.2, 0.25) is 5.91 Å². The van der Waals surface area contributed by atoms with Crippen molar-refractivity contribution >= 4 is 63.6 Å². The van der Waals surface area contributed by atoms with Gasteiger partial charge in [-0.3, -0.25) is 19.3 Å². The Kier molecular flexibility index (Phi) is 13.6. The number of benzene rings is 4. The van der Waals surface area contributed by atoms with Crippen molar-refractivity contribution in [2.24, 2.45) is 0 Å². The molecule has 3 amide bonds. The van der Waals surface area contributed by atoms with E-state index in [1.165, 1.54) is 63.2 Å². The molecule has 0 unspecified atom stereocenters. The van der Waals surface area contributed by atoms with Crippen molar-refractivity contribution in [2.75, 3.05) is 51.4 Å². The maximum absolute atomic E-state index is 13.8. The summed E-state index contributed by atoms with van der Waals surface area (Å²) in [6, 6.07) is 29.0. The summed E-state index contributed by atoms with van der Waals surface area (Å²) in [5.74, 6) is -0.608. The van der Waals surface area contributed by atoms with Crippen LogP contribution in [-0.2, 0) is 33.8 Å². The molecule has 0 saturated carbocycles. The molecule has 2 heterocycles. The number of rotatable bonds is 15. The van der Waals surface area contributed by atoms with Gasteiger partial charge in [-0.05, 0) is 60.0 Å². The smallest absolute Gasteiger partial charge is 0.341 e. The third kappa shape index (κ3) is 10.2. The van der Waals surface area contributed by atoms with Crippen LogP contribution in [0.2, 0.25) is 0 Å². The van der Waals surface area contributed by atoms with E-state index in [1.807, 2.05) is 24.3 Å². The summed E-state index contributed by atoms with van der Waals surface area (Å²) in [6.45, 7) is 2.23. The van der Waals surface area contributed by atoms with Crippen molar-refractivity contribution in [3.8, 4) is 17.2 Å². The van der Waals surface area contributed by atoms with Crippen molar-refractivity contribution in [1.82, 2.24) is 10.2 Å². The van der Waals surface area contributed by atoms with E-state index in [9.17, 15) is 19.2 Å². The summed E-state index contributed by atoms with van der Waals surface area (Å²) in [6.07, 6.45) is 2.16. The van der Waals surface area contributed by atoms with Crippen molar-refractivity contribution in [2.45, 2.75) is 24.4 Å². The lowest BCUT2D eigenvalue weighted by molar-refractivity contribution is -0.114. The fourth-order valence-electron chi connectivity index (χ4n) is 6.28. The summed E-state index contributed by atoms with van der Waals surface area (Å²) < 4.78 is 21.5. The Morgan fingerprint density at radius 3 is 2.21 bits per heavy atom. The number of carbonyl (C=O) groups excluding carboxylic acids is 4. The number of esters is 1. The number of nitrogens with one attached hydrogen (secondary N) is 3. The SMILES string of the molecule is COC(=O)c1c(NC(=O)CSc2cccc(NC(=O)/C(=C\c3cc(OC)c(OC)cc3OC)NC(=O)c3ccccc3)c2)sc2c1CCN(Cc1ccccc1)C2. The van der Waals surface area contributed by atoms with Gasteiger partial charge in [-0.15, -0.1) is 23.1 Å². The molecule has 0 atom stereocenters. The molecule has 1 aromatic heterocycles. The number of methoxy groups -OCH3 is 4. The highest BCUT2D eigenvalue weighted by atomic mass is 32.2. The summed E-state index contributed by atoms with van der Waals surface area (Å²) in [7, 11) is 5.82. The molecule has 12 nitrogen and oxygen atoms in total. The van der Waals surface area contributed by atoms with Gasteiger partial charge >= 0.3 is 5.97 Å². The fraction of sp³-hybridized carbons (Fsp3) is 0.209. The van der Waals surface area contributed by atoms with E-state index >= 15 is 0 Å². The van der Waals surface area contributed by atoms with Gasteiger partial charge in [0, 0.05) is 52.3 Å². The number of amides is 3. The molecule has 4 aromatic carbocycles. The number of thiophene rings is 1. The molecule has 57 heavy (non-hydrogen) atoms. The number of anilines is 2. The molecule has 1 aliphatic rings. The highest BCUT2D eigenvalue weighted by molar-refractivity contribution is 8.00. The minimum Gasteiger partial charge on any atom is -0.496 e. The molecular weight excluding hydrogens is 765 g/mol. The Morgan fingerprint density at radius 2 is 1.51 bits per heavy atom. The third-order valence-electron chi connectivity index (χ3n) is 9.05. The van der Waals surface area contributed by atoms with Crippen LogP contribution in [0.5, 0.6) is 17.2 Å². The molecule has 3 N–H and O–H groups in total. The predicted molar refractivity (Wildman–Crippen MR) is 222 cm³/mol. The summed E-state index contributed by atoms with van der Waals surface area (Å²) in [5, 5.41) is 9.03. The normalized spacial score (nSPS) is 12.5. The average molecular weight is 807 g/mol. The minimum atomic E-state index is -0.602. The van der Waals surface area contributed by atoms with Crippen LogP contribution in [0.4, 0.5) is 10.7 Å². The predicted octanol–water partition coefficient (Wildman–Crippen LogP) is 7.26. The van der Waals surface area contributed by atoms with Crippen LogP contribution in [0.3, 0.4) is 0 Å². The van der Waals surface area contributed by atoms with E-state index in [2.05, 4.69) is 33.0 Å². The zero-order valence-electron chi connectivity index (χ0n) is 31.9. The monoisotopic (exact) mass is 806 g/mol. The summed E-state index contributed by atoms with van der Waals surface area (Å²) >= 11 is 2.67. The average Bonchev–Trinajstić information content (AvgIpc) is 3.59. The third-order valence-corrected chi connectivity index (χ3v) is 11.2. The Labute approximate surface area is 339 Å². The zero-order valence-corrected chi connectivity index (χ0v) is 33.5. The first-order valence-corrected chi connectivity index (χ1v) is 19.7. The molecular formula is C43H42N4O8S2. The van der Waals surface area contributed by atoms with Gasteiger partial charge in [0.15, 0.2) is 11.5 Å². The molecule has 0 fully saturated rings. The second-order valence-corrected chi connectivity index (χ2v) is 14.9. The number of ether oxygens (including phenoxy) is 4. The lowest BCUT2D eigenvalue weighted by Crippen LogP contribution is -2.30. The van der Waals surface area contributed by atoms with E-state index in [1.54, 1.807) is 60.7 Å². The Hall–Kier alpha value is -6.09. The molecule has 0 radical (unpaired) electrons. The second kappa shape index (κ2) is 19.2. The van der Waals surface area contributed by atoms with Gasteiger partial charge in [-0.1, -0.05) is 54.6 Å². The molecule has 0 bridgehead atoms. The van der Waals surface area contributed by atoms with Crippen molar-refractivity contribution in [3.63, 3.8) is 0 Å². The Balaban J connectivity index is 1.15. The van der Waals surface area contributed by atoms with Gasteiger partial charge in [0.05, 0.1) is 39.8 Å². The van der Waals surface area contributed by atoms with Crippen LogP contribution in [0.15, 0.2) is 108 Å². The molecule has 1 aliphatic heterocycles. The molecule has 0 aliphatic carbocycles. The number of nitrogens with zero attached hydrogens (tertiary/aromatic N) is 1. The van der Waals surface area contributed by atoms with Crippen molar-refractivity contribution < 1.29 is 38.1 Å². The standard InChI is InChI=1S/C43H42N4O8S2/c1-52-34-23-36(54-3)35(53-2)21-29(34)20-33(45-40(49)28-14-9-6-10-15-28)41(50)44-30-16-11-17-31(22-30)56-26-38(48)46-42-39(43(51)55-4)32-18-19-47(25-37(32)57-42)24-27-12-7-5-8-13-27/h5-17,20-23H,18-19,24-26H2,1-4H3,(H,44,50)(H,45,49)(H,46,48)/b33-20+. The van der Waals surface area contributed by atoms with Gasteiger partial charge < -0.3 is 34.9 Å². The second-order valence-electron chi connectivity index (χ2n) is 12.8. The molecule has 5 aromatic rings. The number of hydrogen-bond acceptors (Lipinski definition) is 11. The Bertz CT molecular complexity index is 2280. The van der Waals surface area contributed by atoms with E-state index < -0.39 is 17.8 Å². The van der Waals surface area contributed by atoms with Crippen LogP contribution in [0, 0.1) is 0 Å². The lowest BCUT2D eigenvalue weighted by atomic mass is 10.0. The van der Waals surface area contributed by atoms with Crippen LogP contribution < -0.4 is 30.2 Å². The van der Waals surface area contributed by atoms with E-state index in [-0.39, 0.29) is 17.4 Å². The van der Waals surface area contributed by atoms with Crippen molar-refractivity contribution in [3.05, 3.63) is 135 Å². The first-order chi connectivity index (χ1) is 27.7. The quantitative estimate of drug-likeness (QED) is 0.0562. The van der Waals surface area contributed by atoms with Crippen LogP contribution in [-0.4, -0.2) is 69.3 Å². The van der Waals surface area contributed by atoms with E-state index in [0.717, 1.165) is 23.5 Å². The summed E-state index contributed by atoms with van der Waals surface area (Å²) in [4.78, 5) is 57.4. The molecule has 6 rings (SSSR count). The number of fused-ring (bicyclic) bond motifs is 1. The van der Waals surface area contributed by atoms with E-state index in [4.69, 9.17) is 18.9 Å². The first-order valence-electron chi connectivity index (χ1n) is 17.9. The molecule has 0 spiro atoms. The highest BCUT2D eigenvalue weighted by Gasteiger charge is 2.29. The maximum atomic E-state index is 13.8. The molecule has 294 valence electrons. The van der Waals surface area contributed by atoms with Gasteiger partial charge in [0.25, 0.3) is 11.8 Å². The molecule has 0 saturated heterocycles. The van der Waals surface area contributed by atoms with E-state index in [0.29, 0.717) is 62.5 Å². The van der Waals surface area contributed by atoms with Crippen LogP contribution in [0.1, 0.15) is 42.3 Å².